The third-order valence-electron chi connectivity index (χ3n) is 3.41. The maximum absolute atomic E-state index is 12.3. The first-order valence-electron chi connectivity index (χ1n) is 6.29. The Morgan fingerprint density at radius 2 is 2.00 bits per heavy atom. The molecule has 1 aliphatic heterocycles. The van der Waals surface area contributed by atoms with Crippen LogP contribution in [-0.4, -0.2) is 40.0 Å². The second-order valence-corrected chi connectivity index (χ2v) is 5.60. The number of aliphatic carboxylic acids is 1. The predicted molar refractivity (Wildman–Crippen MR) is 75.1 cm³/mol. The SMILES string of the molecule is O=C(O)CC1CCN(C(=O)c2cnc(Cl)c(Cl)c2)CC1. The lowest BCUT2D eigenvalue weighted by Crippen LogP contribution is -2.39. The quantitative estimate of drug-likeness (QED) is 0.870. The lowest BCUT2D eigenvalue weighted by molar-refractivity contribution is -0.138. The van der Waals surface area contributed by atoms with Crippen LogP contribution in [0.25, 0.3) is 0 Å². The largest absolute Gasteiger partial charge is 0.481 e. The van der Waals surface area contributed by atoms with Gasteiger partial charge in [0.25, 0.3) is 5.91 Å². The van der Waals surface area contributed by atoms with E-state index in [9.17, 15) is 9.59 Å². The fraction of sp³-hybridized carbons (Fsp3) is 0.462. The highest BCUT2D eigenvalue weighted by Crippen LogP contribution is 2.24. The first-order chi connectivity index (χ1) is 9.47. The summed E-state index contributed by atoms with van der Waals surface area (Å²) in [5, 5.41) is 9.18. The Labute approximate surface area is 126 Å². The smallest absolute Gasteiger partial charge is 0.303 e. The van der Waals surface area contributed by atoms with Gasteiger partial charge in [0.2, 0.25) is 0 Å². The molecule has 0 saturated carbocycles. The maximum atomic E-state index is 12.3. The summed E-state index contributed by atoms with van der Waals surface area (Å²) in [5.74, 6) is -0.795. The van der Waals surface area contributed by atoms with Gasteiger partial charge in [-0.25, -0.2) is 4.98 Å². The second-order valence-electron chi connectivity index (χ2n) is 4.83. The lowest BCUT2D eigenvalue weighted by Gasteiger charge is -2.31. The van der Waals surface area contributed by atoms with E-state index in [1.165, 1.54) is 12.3 Å². The summed E-state index contributed by atoms with van der Waals surface area (Å²) in [7, 11) is 0. The summed E-state index contributed by atoms with van der Waals surface area (Å²) in [6, 6.07) is 1.50. The third-order valence-corrected chi connectivity index (χ3v) is 4.09. The van der Waals surface area contributed by atoms with Gasteiger partial charge >= 0.3 is 5.97 Å². The molecule has 5 nitrogen and oxygen atoms in total. The molecule has 20 heavy (non-hydrogen) atoms. The zero-order chi connectivity index (χ0) is 14.7. The molecule has 1 fully saturated rings. The number of hydrogen-bond acceptors (Lipinski definition) is 3. The Morgan fingerprint density at radius 3 is 2.55 bits per heavy atom. The van der Waals surface area contributed by atoms with Gasteiger partial charge in [0.15, 0.2) is 0 Å². The minimum atomic E-state index is -0.788. The Hall–Kier alpha value is -1.33. The van der Waals surface area contributed by atoms with E-state index in [4.69, 9.17) is 28.3 Å². The summed E-state index contributed by atoms with van der Waals surface area (Å²) >= 11 is 11.6. The van der Waals surface area contributed by atoms with E-state index in [-0.39, 0.29) is 28.4 Å². The molecule has 1 aliphatic rings. The van der Waals surface area contributed by atoms with Crippen LogP contribution in [0.15, 0.2) is 12.3 Å². The van der Waals surface area contributed by atoms with Crippen LogP contribution in [0.4, 0.5) is 0 Å². The number of rotatable bonds is 3. The van der Waals surface area contributed by atoms with Crippen LogP contribution in [-0.2, 0) is 4.79 Å². The van der Waals surface area contributed by atoms with Gasteiger partial charge in [-0.2, -0.15) is 0 Å². The summed E-state index contributed by atoms with van der Waals surface area (Å²) in [4.78, 5) is 28.5. The van der Waals surface area contributed by atoms with Crippen molar-refractivity contribution in [3.8, 4) is 0 Å². The van der Waals surface area contributed by atoms with E-state index in [0.29, 0.717) is 31.5 Å². The third kappa shape index (κ3) is 3.61. The van der Waals surface area contributed by atoms with Gasteiger partial charge in [0.1, 0.15) is 5.15 Å². The van der Waals surface area contributed by atoms with Gasteiger partial charge < -0.3 is 10.0 Å². The fourth-order valence-electron chi connectivity index (χ4n) is 2.31. The molecule has 2 rings (SSSR count). The normalized spacial score (nSPS) is 16.2. The summed E-state index contributed by atoms with van der Waals surface area (Å²) in [6.45, 7) is 1.11. The first-order valence-corrected chi connectivity index (χ1v) is 7.05. The number of nitrogens with zero attached hydrogens (tertiary/aromatic N) is 2. The molecule has 2 heterocycles. The monoisotopic (exact) mass is 316 g/mol. The topological polar surface area (TPSA) is 70.5 Å². The van der Waals surface area contributed by atoms with E-state index < -0.39 is 5.97 Å². The van der Waals surface area contributed by atoms with Gasteiger partial charge in [0.05, 0.1) is 10.6 Å². The maximum Gasteiger partial charge on any atom is 0.303 e. The van der Waals surface area contributed by atoms with Crippen LogP contribution < -0.4 is 0 Å². The van der Waals surface area contributed by atoms with Gasteiger partial charge in [0, 0.05) is 25.7 Å². The van der Waals surface area contributed by atoms with Gasteiger partial charge in [-0.1, -0.05) is 23.2 Å². The fourth-order valence-corrected chi connectivity index (χ4v) is 2.58. The molecule has 0 unspecified atom stereocenters. The Balaban J connectivity index is 1.97. The molecule has 108 valence electrons. The number of amides is 1. The van der Waals surface area contributed by atoms with Crippen molar-refractivity contribution in [2.24, 2.45) is 5.92 Å². The van der Waals surface area contributed by atoms with Crippen molar-refractivity contribution in [1.29, 1.82) is 0 Å². The van der Waals surface area contributed by atoms with E-state index in [1.54, 1.807) is 4.90 Å². The van der Waals surface area contributed by atoms with E-state index in [1.807, 2.05) is 0 Å². The Bertz CT molecular complexity index is 528. The van der Waals surface area contributed by atoms with E-state index >= 15 is 0 Å². The summed E-state index contributed by atoms with van der Waals surface area (Å²) in [6.07, 6.45) is 2.97. The van der Waals surface area contributed by atoms with Crippen molar-refractivity contribution in [2.45, 2.75) is 19.3 Å². The van der Waals surface area contributed by atoms with Crippen LogP contribution in [0.3, 0.4) is 0 Å². The van der Waals surface area contributed by atoms with Crippen molar-refractivity contribution < 1.29 is 14.7 Å². The summed E-state index contributed by atoms with van der Waals surface area (Å²) in [5.41, 5.74) is 0.399. The minimum Gasteiger partial charge on any atom is -0.481 e. The van der Waals surface area contributed by atoms with Crippen molar-refractivity contribution in [3.63, 3.8) is 0 Å². The molecule has 1 N–H and O–H groups in total. The molecule has 0 radical (unpaired) electrons. The first kappa shape index (κ1) is 15.1. The molecule has 1 aromatic rings. The molecular formula is C13H14Cl2N2O3. The second kappa shape index (κ2) is 6.41. The van der Waals surface area contributed by atoms with Crippen LogP contribution in [0.2, 0.25) is 10.2 Å². The lowest BCUT2D eigenvalue weighted by atomic mass is 9.93. The molecule has 0 aliphatic carbocycles. The van der Waals surface area contributed by atoms with Crippen molar-refractivity contribution >= 4 is 35.1 Å². The minimum absolute atomic E-state index is 0.142. The Kier molecular flexibility index (Phi) is 4.83. The van der Waals surface area contributed by atoms with Gasteiger partial charge in [-0.3, -0.25) is 9.59 Å². The molecule has 0 aromatic carbocycles. The number of carbonyl (C=O) groups is 2. The summed E-state index contributed by atoms with van der Waals surface area (Å²) < 4.78 is 0. The number of hydrogen-bond donors (Lipinski definition) is 1. The highest BCUT2D eigenvalue weighted by atomic mass is 35.5. The highest BCUT2D eigenvalue weighted by molar-refractivity contribution is 6.41. The van der Waals surface area contributed by atoms with Gasteiger partial charge in [-0.15, -0.1) is 0 Å². The van der Waals surface area contributed by atoms with Crippen LogP contribution in [0, 0.1) is 5.92 Å². The average Bonchev–Trinajstić information content (AvgIpc) is 2.41. The van der Waals surface area contributed by atoms with Crippen molar-refractivity contribution in [1.82, 2.24) is 9.88 Å². The molecule has 1 amide bonds. The number of piperidine rings is 1. The molecule has 1 aromatic heterocycles. The molecule has 7 heteroatoms. The molecular weight excluding hydrogens is 303 g/mol. The zero-order valence-electron chi connectivity index (χ0n) is 10.7. The number of carbonyl (C=O) groups excluding carboxylic acids is 1. The molecule has 0 atom stereocenters. The zero-order valence-corrected chi connectivity index (χ0v) is 12.2. The Morgan fingerprint density at radius 1 is 1.35 bits per heavy atom. The average molecular weight is 317 g/mol. The number of carboxylic acid groups (broad SMARTS) is 1. The van der Waals surface area contributed by atoms with Crippen LogP contribution in [0.1, 0.15) is 29.6 Å². The number of aromatic nitrogens is 1. The molecule has 1 saturated heterocycles. The number of pyridine rings is 1. The molecule has 0 spiro atoms. The van der Waals surface area contributed by atoms with Crippen molar-refractivity contribution in [2.75, 3.05) is 13.1 Å². The van der Waals surface area contributed by atoms with Crippen LogP contribution >= 0.6 is 23.2 Å². The highest BCUT2D eigenvalue weighted by Gasteiger charge is 2.25. The van der Waals surface area contributed by atoms with Crippen LogP contribution in [0.5, 0.6) is 0 Å². The molecule has 0 bridgehead atoms. The number of likely N-dealkylation sites (tertiary alicyclic amines) is 1. The van der Waals surface area contributed by atoms with Gasteiger partial charge in [-0.05, 0) is 24.8 Å². The number of halogens is 2. The standard InChI is InChI=1S/C13H14Cl2N2O3/c14-10-6-9(7-16-12(10)15)13(20)17-3-1-8(2-4-17)5-11(18)19/h6-8H,1-5H2,(H,18,19). The van der Waals surface area contributed by atoms with E-state index in [2.05, 4.69) is 4.98 Å². The number of carboxylic acids is 1. The van der Waals surface area contributed by atoms with Crippen molar-refractivity contribution in [3.05, 3.63) is 28.0 Å². The predicted octanol–water partition coefficient (Wildman–Crippen LogP) is 2.72. The van der Waals surface area contributed by atoms with E-state index in [0.717, 1.165) is 0 Å².